The Hall–Kier alpha value is -2.41. The normalized spacial score (nSPS) is 20.2. The first-order chi connectivity index (χ1) is 13.2. The van der Waals surface area contributed by atoms with Crippen molar-refractivity contribution in [1.29, 1.82) is 0 Å². The number of halogens is 4. The second-order valence-electron chi connectivity index (χ2n) is 7.33. The molecular weight excluding hydrogens is 374 g/mol. The van der Waals surface area contributed by atoms with Crippen LogP contribution in [0.4, 0.5) is 17.6 Å². The first kappa shape index (κ1) is 20.3. The molecule has 1 heterocycles. The molecule has 3 rings (SSSR count). The van der Waals surface area contributed by atoms with Crippen LogP contribution in [0.3, 0.4) is 0 Å². The van der Waals surface area contributed by atoms with Crippen molar-refractivity contribution >= 4 is 5.91 Å². The van der Waals surface area contributed by atoms with E-state index in [9.17, 15) is 27.5 Å². The van der Waals surface area contributed by atoms with E-state index in [0.717, 1.165) is 24.3 Å². The minimum absolute atomic E-state index is 0.160. The zero-order valence-electron chi connectivity index (χ0n) is 15.2. The van der Waals surface area contributed by atoms with E-state index in [1.54, 1.807) is 18.2 Å². The third-order valence-electron chi connectivity index (χ3n) is 5.27. The van der Waals surface area contributed by atoms with E-state index in [-0.39, 0.29) is 36.9 Å². The van der Waals surface area contributed by atoms with Crippen LogP contribution in [0.25, 0.3) is 0 Å². The van der Waals surface area contributed by atoms with Crippen LogP contribution < -0.4 is 0 Å². The lowest BCUT2D eigenvalue weighted by Crippen LogP contribution is -2.49. The highest BCUT2D eigenvalue weighted by Gasteiger charge is 2.38. The van der Waals surface area contributed by atoms with Crippen LogP contribution in [-0.2, 0) is 12.6 Å². The summed E-state index contributed by atoms with van der Waals surface area (Å²) in [7, 11) is 0. The lowest BCUT2D eigenvalue weighted by molar-refractivity contribution is -0.137. The Labute approximate surface area is 160 Å². The Kier molecular flexibility index (Phi) is 5.74. The molecule has 1 atom stereocenters. The molecule has 1 fully saturated rings. The zero-order valence-corrected chi connectivity index (χ0v) is 15.2. The van der Waals surface area contributed by atoms with Crippen molar-refractivity contribution in [2.24, 2.45) is 5.41 Å². The van der Waals surface area contributed by atoms with Crippen LogP contribution in [0.15, 0.2) is 48.5 Å². The van der Waals surface area contributed by atoms with E-state index >= 15 is 0 Å². The molecule has 1 saturated heterocycles. The van der Waals surface area contributed by atoms with E-state index in [2.05, 4.69) is 0 Å². The maximum Gasteiger partial charge on any atom is 0.416 e. The monoisotopic (exact) mass is 395 g/mol. The maximum atomic E-state index is 14.1. The average Bonchev–Trinajstić information content (AvgIpc) is 2.69. The van der Waals surface area contributed by atoms with Crippen molar-refractivity contribution in [2.75, 3.05) is 19.7 Å². The number of aliphatic hydroxyl groups is 1. The van der Waals surface area contributed by atoms with Gasteiger partial charge < -0.3 is 10.0 Å². The standard InChI is InChI=1S/C21H21F4NO2/c22-18-5-2-1-4-16(18)12-20(14-27)10-3-11-26(13-20)19(28)15-6-8-17(9-7-15)21(23,24)25/h1-2,4-9,27H,3,10-14H2. The Bertz CT molecular complexity index is 835. The number of aliphatic hydroxyl groups excluding tert-OH is 1. The Morgan fingerprint density at radius 1 is 1.11 bits per heavy atom. The Balaban J connectivity index is 1.77. The molecule has 1 aliphatic heterocycles. The van der Waals surface area contributed by atoms with Gasteiger partial charge >= 0.3 is 6.18 Å². The van der Waals surface area contributed by atoms with Gasteiger partial charge in [-0.1, -0.05) is 18.2 Å². The lowest BCUT2D eigenvalue weighted by atomic mass is 9.75. The number of benzene rings is 2. The fourth-order valence-electron chi connectivity index (χ4n) is 3.74. The van der Waals surface area contributed by atoms with E-state index in [1.807, 2.05) is 0 Å². The molecule has 7 heteroatoms. The number of hydrogen-bond acceptors (Lipinski definition) is 2. The molecule has 150 valence electrons. The maximum absolute atomic E-state index is 14.1. The molecule has 3 nitrogen and oxygen atoms in total. The van der Waals surface area contributed by atoms with Gasteiger partial charge in [-0.2, -0.15) is 13.2 Å². The number of carbonyl (C=O) groups excluding carboxylic acids is 1. The molecule has 1 N–H and O–H groups in total. The highest BCUT2D eigenvalue weighted by atomic mass is 19.4. The highest BCUT2D eigenvalue weighted by Crippen LogP contribution is 2.35. The molecule has 2 aromatic rings. The predicted octanol–water partition coefficient (Wildman–Crippen LogP) is 4.30. The van der Waals surface area contributed by atoms with Gasteiger partial charge in [0.05, 0.1) is 12.2 Å². The smallest absolute Gasteiger partial charge is 0.396 e. The van der Waals surface area contributed by atoms with Gasteiger partial charge in [0.1, 0.15) is 5.82 Å². The van der Waals surface area contributed by atoms with Crippen LogP contribution in [0.2, 0.25) is 0 Å². The second kappa shape index (κ2) is 7.91. The number of alkyl halides is 3. The molecule has 0 spiro atoms. The van der Waals surface area contributed by atoms with Crippen molar-refractivity contribution in [2.45, 2.75) is 25.4 Å². The molecule has 0 aromatic heterocycles. The third kappa shape index (κ3) is 4.35. The van der Waals surface area contributed by atoms with Crippen molar-refractivity contribution in [3.05, 3.63) is 71.0 Å². The molecule has 2 aromatic carbocycles. The summed E-state index contributed by atoms with van der Waals surface area (Å²) in [5.41, 5.74) is -0.859. The van der Waals surface area contributed by atoms with Crippen molar-refractivity contribution in [3.8, 4) is 0 Å². The van der Waals surface area contributed by atoms with Crippen molar-refractivity contribution < 1.29 is 27.5 Å². The fourth-order valence-corrected chi connectivity index (χ4v) is 3.74. The molecule has 0 bridgehead atoms. The zero-order chi connectivity index (χ0) is 20.4. The van der Waals surface area contributed by atoms with Crippen LogP contribution in [-0.4, -0.2) is 35.6 Å². The SMILES string of the molecule is O=C(c1ccc(C(F)(F)F)cc1)N1CCCC(CO)(Cc2ccccc2F)C1. The van der Waals surface area contributed by atoms with Gasteiger partial charge in [0.25, 0.3) is 5.91 Å². The molecule has 1 amide bonds. The number of likely N-dealkylation sites (tertiary alicyclic amines) is 1. The Morgan fingerprint density at radius 2 is 1.79 bits per heavy atom. The minimum Gasteiger partial charge on any atom is -0.396 e. The largest absolute Gasteiger partial charge is 0.416 e. The molecule has 0 aliphatic carbocycles. The average molecular weight is 395 g/mol. The number of carbonyl (C=O) groups is 1. The number of piperidine rings is 1. The summed E-state index contributed by atoms with van der Waals surface area (Å²) in [6.07, 6.45) is -2.92. The second-order valence-corrected chi connectivity index (χ2v) is 7.33. The Morgan fingerprint density at radius 3 is 2.39 bits per heavy atom. The van der Waals surface area contributed by atoms with Gasteiger partial charge in [-0.25, -0.2) is 4.39 Å². The van der Waals surface area contributed by atoms with Crippen LogP contribution in [0.1, 0.15) is 34.3 Å². The molecule has 0 saturated carbocycles. The van der Waals surface area contributed by atoms with Gasteiger partial charge in [0.2, 0.25) is 0 Å². The van der Waals surface area contributed by atoms with Gasteiger partial charge in [0, 0.05) is 24.1 Å². The van der Waals surface area contributed by atoms with Crippen LogP contribution >= 0.6 is 0 Å². The first-order valence-electron chi connectivity index (χ1n) is 9.05. The molecule has 1 aliphatic rings. The van der Waals surface area contributed by atoms with Crippen LogP contribution in [0, 0.1) is 11.2 Å². The summed E-state index contributed by atoms with van der Waals surface area (Å²) in [5, 5.41) is 10.0. The molecule has 0 radical (unpaired) electrons. The highest BCUT2D eigenvalue weighted by molar-refractivity contribution is 5.94. The van der Waals surface area contributed by atoms with Gasteiger partial charge in [-0.05, 0) is 55.2 Å². The fraction of sp³-hybridized carbons (Fsp3) is 0.381. The third-order valence-corrected chi connectivity index (χ3v) is 5.27. The molecule has 1 unspecified atom stereocenters. The minimum atomic E-state index is -4.46. The van der Waals surface area contributed by atoms with Crippen molar-refractivity contribution in [3.63, 3.8) is 0 Å². The molecule has 28 heavy (non-hydrogen) atoms. The van der Waals surface area contributed by atoms with Gasteiger partial charge in [0.15, 0.2) is 0 Å². The summed E-state index contributed by atoms with van der Waals surface area (Å²) < 4.78 is 52.2. The van der Waals surface area contributed by atoms with E-state index in [0.29, 0.717) is 24.9 Å². The van der Waals surface area contributed by atoms with E-state index < -0.39 is 17.2 Å². The van der Waals surface area contributed by atoms with E-state index in [1.165, 1.54) is 11.0 Å². The first-order valence-corrected chi connectivity index (χ1v) is 9.05. The van der Waals surface area contributed by atoms with Crippen LogP contribution in [0.5, 0.6) is 0 Å². The topological polar surface area (TPSA) is 40.5 Å². The summed E-state index contributed by atoms with van der Waals surface area (Å²) in [5.74, 6) is -0.749. The van der Waals surface area contributed by atoms with Crippen molar-refractivity contribution in [1.82, 2.24) is 4.90 Å². The number of amides is 1. The number of rotatable bonds is 4. The summed E-state index contributed by atoms with van der Waals surface area (Å²) in [6.45, 7) is 0.453. The molecular formula is C21H21F4NO2. The van der Waals surface area contributed by atoms with Gasteiger partial charge in [-0.3, -0.25) is 4.79 Å². The quantitative estimate of drug-likeness (QED) is 0.784. The number of nitrogens with zero attached hydrogens (tertiary/aromatic N) is 1. The summed E-state index contributed by atoms with van der Waals surface area (Å²) in [4.78, 5) is 14.3. The van der Waals surface area contributed by atoms with Gasteiger partial charge in [-0.15, -0.1) is 0 Å². The predicted molar refractivity (Wildman–Crippen MR) is 96.2 cm³/mol. The summed E-state index contributed by atoms with van der Waals surface area (Å²) >= 11 is 0. The number of hydrogen-bond donors (Lipinski definition) is 1. The lowest BCUT2D eigenvalue weighted by Gasteiger charge is -2.42. The van der Waals surface area contributed by atoms with E-state index in [4.69, 9.17) is 0 Å². The summed E-state index contributed by atoms with van der Waals surface area (Å²) in [6, 6.07) is 10.4.